The molecule has 4 rings (SSSR count). The highest BCUT2D eigenvalue weighted by atomic mass is 16.5. The van der Waals surface area contributed by atoms with Crippen molar-refractivity contribution in [3.63, 3.8) is 0 Å². The van der Waals surface area contributed by atoms with Gasteiger partial charge in [-0.2, -0.15) is 15.0 Å². The lowest BCUT2D eigenvalue weighted by atomic mass is 9.88. The third-order valence-electron chi connectivity index (χ3n) is 7.21. The molecule has 0 radical (unpaired) electrons. The average Bonchev–Trinajstić information content (AvgIpc) is 3.08. The SMILES string of the molecule is CCC(C)Nc1nc(NCCOCCOCCNC(=O)c2ccccc2)nc(NCCC(c2ccccc2)c2ccccc2)n1. The molecule has 238 valence electrons. The van der Waals surface area contributed by atoms with Gasteiger partial charge in [0.15, 0.2) is 0 Å². The van der Waals surface area contributed by atoms with Gasteiger partial charge in [0, 0.05) is 37.2 Å². The summed E-state index contributed by atoms with van der Waals surface area (Å²) in [6, 6.07) is 30.5. The predicted octanol–water partition coefficient (Wildman–Crippen LogP) is 5.59. The summed E-state index contributed by atoms with van der Waals surface area (Å²) < 4.78 is 11.3. The quantitative estimate of drug-likeness (QED) is 0.0948. The molecule has 1 amide bonds. The fourth-order valence-electron chi connectivity index (χ4n) is 4.63. The highest BCUT2D eigenvalue weighted by molar-refractivity contribution is 5.94. The van der Waals surface area contributed by atoms with E-state index in [4.69, 9.17) is 9.47 Å². The van der Waals surface area contributed by atoms with Gasteiger partial charge in [0.25, 0.3) is 5.91 Å². The van der Waals surface area contributed by atoms with E-state index in [-0.39, 0.29) is 17.9 Å². The Hall–Kier alpha value is -4.54. The van der Waals surface area contributed by atoms with Crippen molar-refractivity contribution in [2.75, 3.05) is 62.0 Å². The fourth-order valence-corrected chi connectivity index (χ4v) is 4.63. The molecule has 10 heteroatoms. The Kier molecular flexibility index (Phi) is 14.1. The van der Waals surface area contributed by atoms with E-state index < -0.39 is 0 Å². The minimum absolute atomic E-state index is 0.107. The maximum absolute atomic E-state index is 12.0. The van der Waals surface area contributed by atoms with Crippen molar-refractivity contribution < 1.29 is 14.3 Å². The molecule has 0 aliphatic heterocycles. The molecule has 1 unspecified atom stereocenters. The van der Waals surface area contributed by atoms with Gasteiger partial charge in [0.05, 0.1) is 26.4 Å². The molecule has 45 heavy (non-hydrogen) atoms. The van der Waals surface area contributed by atoms with E-state index in [2.05, 4.69) is 98.6 Å². The van der Waals surface area contributed by atoms with Crippen LogP contribution < -0.4 is 21.3 Å². The second-order valence-corrected chi connectivity index (χ2v) is 10.6. The molecule has 0 spiro atoms. The summed E-state index contributed by atoms with van der Waals surface area (Å²) in [7, 11) is 0. The molecule has 3 aromatic carbocycles. The minimum atomic E-state index is -0.107. The number of ether oxygens (including phenoxy) is 2. The van der Waals surface area contributed by atoms with Gasteiger partial charge in [-0.05, 0) is 43.0 Å². The van der Waals surface area contributed by atoms with Crippen LogP contribution in [0.25, 0.3) is 0 Å². The van der Waals surface area contributed by atoms with Gasteiger partial charge in [0.2, 0.25) is 17.8 Å². The van der Waals surface area contributed by atoms with Crippen molar-refractivity contribution in [3.8, 4) is 0 Å². The monoisotopic (exact) mass is 611 g/mol. The summed E-state index contributed by atoms with van der Waals surface area (Å²) in [5.74, 6) is 1.68. The Morgan fingerprint density at radius 2 is 1.18 bits per heavy atom. The highest BCUT2D eigenvalue weighted by Crippen LogP contribution is 2.27. The molecular formula is C35H45N7O3. The third-order valence-corrected chi connectivity index (χ3v) is 7.21. The summed E-state index contributed by atoms with van der Waals surface area (Å²) in [6.07, 6.45) is 1.83. The summed E-state index contributed by atoms with van der Waals surface area (Å²) in [5, 5.41) is 12.9. The van der Waals surface area contributed by atoms with E-state index in [1.165, 1.54) is 11.1 Å². The molecule has 0 bridgehead atoms. The molecule has 0 saturated heterocycles. The molecule has 0 aliphatic carbocycles. The van der Waals surface area contributed by atoms with Gasteiger partial charge in [-0.1, -0.05) is 85.8 Å². The number of hydrogen-bond donors (Lipinski definition) is 4. The Bertz CT molecular complexity index is 1360. The number of aromatic nitrogens is 3. The number of nitrogens with zero attached hydrogens (tertiary/aromatic N) is 3. The largest absolute Gasteiger partial charge is 0.377 e. The molecule has 0 saturated carbocycles. The number of amides is 1. The first-order valence-corrected chi connectivity index (χ1v) is 15.7. The number of benzene rings is 3. The number of nitrogens with one attached hydrogen (secondary N) is 4. The fraction of sp³-hybridized carbons (Fsp3) is 0.371. The van der Waals surface area contributed by atoms with E-state index in [0.29, 0.717) is 69.5 Å². The zero-order valence-corrected chi connectivity index (χ0v) is 26.2. The van der Waals surface area contributed by atoms with Gasteiger partial charge >= 0.3 is 0 Å². The average molecular weight is 612 g/mol. The zero-order chi connectivity index (χ0) is 31.5. The number of rotatable bonds is 20. The topological polar surface area (TPSA) is 122 Å². The van der Waals surface area contributed by atoms with Crippen LogP contribution >= 0.6 is 0 Å². The van der Waals surface area contributed by atoms with Gasteiger partial charge < -0.3 is 30.7 Å². The van der Waals surface area contributed by atoms with Crippen LogP contribution in [0.1, 0.15) is 54.1 Å². The standard InChI is InChI=1S/C35H45N7O3/c1-3-27(2)39-35-41-33(37-20-19-31(28-13-7-4-8-14-28)29-15-9-5-10-16-29)40-34(42-35)38-22-24-45-26-25-44-23-21-36-32(43)30-17-11-6-12-18-30/h4-18,27,31H,3,19-26H2,1-2H3,(H,36,43)(H3,37,38,39,40,41,42). The summed E-state index contributed by atoms with van der Waals surface area (Å²) in [6.45, 7) is 7.66. The lowest BCUT2D eigenvalue weighted by molar-refractivity contribution is 0.0519. The first-order chi connectivity index (χ1) is 22.1. The molecule has 0 aliphatic rings. The normalized spacial score (nSPS) is 11.6. The van der Waals surface area contributed by atoms with Gasteiger partial charge in [0.1, 0.15) is 0 Å². The number of hydrogen-bond acceptors (Lipinski definition) is 9. The van der Waals surface area contributed by atoms with E-state index >= 15 is 0 Å². The predicted molar refractivity (Wildman–Crippen MR) is 180 cm³/mol. The van der Waals surface area contributed by atoms with Crippen LogP contribution in [0.2, 0.25) is 0 Å². The summed E-state index contributed by atoms with van der Waals surface area (Å²) >= 11 is 0. The van der Waals surface area contributed by atoms with Crippen LogP contribution in [0.5, 0.6) is 0 Å². The zero-order valence-electron chi connectivity index (χ0n) is 26.2. The highest BCUT2D eigenvalue weighted by Gasteiger charge is 2.15. The van der Waals surface area contributed by atoms with Crippen molar-refractivity contribution in [3.05, 3.63) is 108 Å². The summed E-state index contributed by atoms with van der Waals surface area (Å²) in [5.41, 5.74) is 3.20. The van der Waals surface area contributed by atoms with E-state index in [1.807, 2.05) is 30.3 Å². The van der Waals surface area contributed by atoms with E-state index in [9.17, 15) is 4.79 Å². The molecule has 1 atom stereocenters. The van der Waals surface area contributed by atoms with Crippen molar-refractivity contribution >= 4 is 23.8 Å². The lowest BCUT2D eigenvalue weighted by Gasteiger charge is -2.19. The molecule has 10 nitrogen and oxygen atoms in total. The second kappa shape index (κ2) is 19.0. The third kappa shape index (κ3) is 11.8. The van der Waals surface area contributed by atoms with E-state index in [1.54, 1.807) is 12.1 Å². The van der Waals surface area contributed by atoms with Gasteiger partial charge in [-0.3, -0.25) is 4.79 Å². The second-order valence-electron chi connectivity index (χ2n) is 10.6. The Morgan fingerprint density at radius 1 is 0.667 bits per heavy atom. The summed E-state index contributed by atoms with van der Waals surface area (Å²) in [4.78, 5) is 25.8. The molecule has 4 N–H and O–H groups in total. The maximum atomic E-state index is 12.0. The van der Waals surface area contributed by atoms with Crippen molar-refractivity contribution in [2.24, 2.45) is 0 Å². The smallest absolute Gasteiger partial charge is 0.251 e. The number of carbonyl (C=O) groups excluding carboxylic acids is 1. The van der Waals surface area contributed by atoms with Crippen LogP contribution in [0.3, 0.4) is 0 Å². The van der Waals surface area contributed by atoms with Crippen LogP contribution in [0.4, 0.5) is 17.8 Å². The Balaban J connectivity index is 1.20. The molecular weight excluding hydrogens is 566 g/mol. The van der Waals surface area contributed by atoms with E-state index in [0.717, 1.165) is 12.8 Å². The molecule has 0 fully saturated rings. The minimum Gasteiger partial charge on any atom is -0.377 e. The lowest BCUT2D eigenvalue weighted by Crippen LogP contribution is -2.27. The van der Waals surface area contributed by atoms with Crippen molar-refractivity contribution in [1.29, 1.82) is 0 Å². The first kappa shape index (κ1) is 33.4. The number of anilines is 3. The number of carbonyl (C=O) groups is 1. The maximum Gasteiger partial charge on any atom is 0.251 e. The van der Waals surface area contributed by atoms with Crippen LogP contribution in [0.15, 0.2) is 91.0 Å². The van der Waals surface area contributed by atoms with Crippen molar-refractivity contribution in [1.82, 2.24) is 20.3 Å². The van der Waals surface area contributed by atoms with Gasteiger partial charge in [-0.25, -0.2) is 0 Å². The van der Waals surface area contributed by atoms with Crippen LogP contribution in [0, 0.1) is 0 Å². The van der Waals surface area contributed by atoms with Gasteiger partial charge in [-0.15, -0.1) is 0 Å². The molecule has 1 aromatic heterocycles. The Labute approximate surface area is 266 Å². The molecule has 4 aromatic rings. The van der Waals surface area contributed by atoms with Crippen LogP contribution in [-0.2, 0) is 9.47 Å². The Morgan fingerprint density at radius 3 is 1.76 bits per heavy atom. The molecule has 1 heterocycles. The van der Waals surface area contributed by atoms with Crippen molar-refractivity contribution in [2.45, 2.75) is 38.6 Å². The van der Waals surface area contributed by atoms with Crippen LogP contribution in [-0.4, -0.2) is 73.0 Å². The first-order valence-electron chi connectivity index (χ1n) is 15.7.